The van der Waals surface area contributed by atoms with Gasteiger partial charge >= 0.3 is 5.97 Å². The molecule has 146 valence electrons. The van der Waals surface area contributed by atoms with Gasteiger partial charge < -0.3 is 10.1 Å². The van der Waals surface area contributed by atoms with E-state index in [4.69, 9.17) is 0 Å². The third kappa shape index (κ3) is 5.28. The van der Waals surface area contributed by atoms with Crippen LogP contribution in [0.1, 0.15) is 28.8 Å². The van der Waals surface area contributed by atoms with Gasteiger partial charge in [0.25, 0.3) is 0 Å². The highest BCUT2D eigenvalue weighted by atomic mass is 32.2. The predicted molar refractivity (Wildman–Crippen MR) is 105 cm³/mol. The number of nitrogens with one attached hydrogen (secondary N) is 2. The van der Waals surface area contributed by atoms with Crippen molar-refractivity contribution in [3.8, 4) is 0 Å². The van der Waals surface area contributed by atoms with Gasteiger partial charge in [0.15, 0.2) is 0 Å². The Morgan fingerprint density at radius 1 is 1.11 bits per heavy atom. The molecule has 0 heterocycles. The molecule has 0 aromatic heterocycles. The largest absolute Gasteiger partial charge is 0.465 e. The SMILES string of the molecule is COC(=O)c1cccc(NC(=O)/C=C/c2ccc(S(=O)(=O)NC3CC3)cc2)c1. The van der Waals surface area contributed by atoms with Crippen molar-refractivity contribution in [1.29, 1.82) is 0 Å². The highest BCUT2D eigenvalue weighted by Gasteiger charge is 2.27. The van der Waals surface area contributed by atoms with Gasteiger partial charge in [0.05, 0.1) is 17.6 Å². The quantitative estimate of drug-likeness (QED) is 0.549. The van der Waals surface area contributed by atoms with Crippen LogP contribution in [-0.2, 0) is 19.6 Å². The number of carbonyl (C=O) groups excluding carboxylic acids is 2. The lowest BCUT2D eigenvalue weighted by Crippen LogP contribution is -2.25. The van der Waals surface area contributed by atoms with Crippen molar-refractivity contribution >= 4 is 33.7 Å². The molecule has 0 bridgehead atoms. The van der Waals surface area contributed by atoms with E-state index in [0.29, 0.717) is 16.8 Å². The molecule has 0 saturated heterocycles. The summed E-state index contributed by atoms with van der Waals surface area (Å²) >= 11 is 0. The van der Waals surface area contributed by atoms with Gasteiger partial charge in [-0.15, -0.1) is 0 Å². The summed E-state index contributed by atoms with van der Waals surface area (Å²) in [6.07, 6.45) is 4.65. The van der Waals surface area contributed by atoms with E-state index >= 15 is 0 Å². The van der Waals surface area contributed by atoms with Crippen molar-refractivity contribution in [1.82, 2.24) is 4.72 Å². The Bertz CT molecular complexity index is 1010. The molecule has 8 heteroatoms. The van der Waals surface area contributed by atoms with Crippen LogP contribution in [0.3, 0.4) is 0 Å². The number of amides is 1. The smallest absolute Gasteiger partial charge is 0.337 e. The lowest BCUT2D eigenvalue weighted by molar-refractivity contribution is -0.111. The number of sulfonamides is 1. The van der Waals surface area contributed by atoms with E-state index in [2.05, 4.69) is 14.8 Å². The molecule has 28 heavy (non-hydrogen) atoms. The number of carbonyl (C=O) groups is 2. The van der Waals surface area contributed by atoms with Crippen LogP contribution in [0.25, 0.3) is 6.08 Å². The monoisotopic (exact) mass is 400 g/mol. The Morgan fingerprint density at radius 3 is 2.46 bits per heavy atom. The number of anilines is 1. The molecule has 1 aliphatic rings. The molecule has 0 spiro atoms. The fourth-order valence-corrected chi connectivity index (χ4v) is 3.75. The third-order valence-corrected chi connectivity index (χ3v) is 5.60. The summed E-state index contributed by atoms with van der Waals surface area (Å²) in [5.74, 6) is -0.869. The number of hydrogen-bond donors (Lipinski definition) is 2. The average Bonchev–Trinajstić information content (AvgIpc) is 3.49. The molecule has 2 N–H and O–H groups in total. The molecule has 7 nitrogen and oxygen atoms in total. The highest BCUT2D eigenvalue weighted by molar-refractivity contribution is 7.89. The Balaban J connectivity index is 1.62. The zero-order chi connectivity index (χ0) is 20.1. The first-order valence-corrected chi connectivity index (χ1v) is 10.2. The molecule has 1 amide bonds. The van der Waals surface area contributed by atoms with Gasteiger partial charge in [-0.3, -0.25) is 4.79 Å². The van der Waals surface area contributed by atoms with Crippen LogP contribution in [0.4, 0.5) is 5.69 Å². The second kappa shape index (κ2) is 8.37. The molecule has 2 aromatic rings. The zero-order valence-corrected chi connectivity index (χ0v) is 16.0. The minimum atomic E-state index is -3.49. The molecule has 1 fully saturated rings. The van der Waals surface area contributed by atoms with E-state index in [1.807, 2.05) is 0 Å². The van der Waals surface area contributed by atoms with Gasteiger partial charge in [-0.2, -0.15) is 0 Å². The standard InChI is InChI=1S/C20H20N2O5S/c1-27-20(24)15-3-2-4-17(13-15)21-19(23)12-7-14-5-10-18(11-6-14)28(25,26)22-16-8-9-16/h2-7,10-13,16,22H,8-9H2,1H3,(H,21,23)/b12-7+. The van der Waals surface area contributed by atoms with Crippen LogP contribution in [0.5, 0.6) is 0 Å². The van der Waals surface area contributed by atoms with Crippen LogP contribution in [0.2, 0.25) is 0 Å². The molecular weight excluding hydrogens is 380 g/mol. The van der Waals surface area contributed by atoms with Crippen molar-refractivity contribution < 1.29 is 22.7 Å². The van der Waals surface area contributed by atoms with E-state index in [1.54, 1.807) is 36.4 Å². The number of esters is 1. The normalized spacial score (nSPS) is 14.0. The van der Waals surface area contributed by atoms with Gasteiger partial charge in [0, 0.05) is 17.8 Å². The number of methoxy groups -OCH3 is 1. The van der Waals surface area contributed by atoms with E-state index in [9.17, 15) is 18.0 Å². The highest BCUT2D eigenvalue weighted by Crippen LogP contribution is 2.22. The first kappa shape index (κ1) is 19.8. The molecule has 2 aromatic carbocycles. The summed E-state index contributed by atoms with van der Waals surface area (Å²) in [6, 6.07) is 12.7. The summed E-state index contributed by atoms with van der Waals surface area (Å²) in [7, 11) is -2.20. The van der Waals surface area contributed by atoms with Gasteiger partial charge in [0.2, 0.25) is 15.9 Å². The fraction of sp³-hybridized carbons (Fsp3) is 0.200. The summed E-state index contributed by atoms with van der Waals surface area (Å²) in [6.45, 7) is 0. The van der Waals surface area contributed by atoms with E-state index < -0.39 is 16.0 Å². The van der Waals surface area contributed by atoms with Gasteiger partial charge in [-0.1, -0.05) is 18.2 Å². The van der Waals surface area contributed by atoms with Gasteiger partial charge in [0.1, 0.15) is 0 Å². The second-order valence-electron chi connectivity index (χ2n) is 6.36. The van der Waals surface area contributed by atoms with Crippen molar-refractivity contribution in [3.63, 3.8) is 0 Å². The van der Waals surface area contributed by atoms with Crippen LogP contribution in [0.15, 0.2) is 59.5 Å². The minimum absolute atomic E-state index is 0.0472. The maximum Gasteiger partial charge on any atom is 0.337 e. The molecule has 0 atom stereocenters. The minimum Gasteiger partial charge on any atom is -0.465 e. The number of ether oxygens (including phenoxy) is 1. The Kier molecular flexibility index (Phi) is 5.91. The topological polar surface area (TPSA) is 102 Å². The summed E-state index contributed by atoms with van der Waals surface area (Å²) in [5, 5.41) is 2.66. The molecule has 1 aliphatic carbocycles. The maximum atomic E-state index is 12.1. The zero-order valence-electron chi connectivity index (χ0n) is 15.2. The van der Waals surface area contributed by atoms with Gasteiger partial charge in [-0.05, 0) is 54.8 Å². The van der Waals surface area contributed by atoms with Crippen LogP contribution < -0.4 is 10.0 Å². The number of benzene rings is 2. The molecule has 1 saturated carbocycles. The maximum absolute atomic E-state index is 12.1. The second-order valence-corrected chi connectivity index (χ2v) is 8.07. The average molecular weight is 400 g/mol. The summed E-state index contributed by atoms with van der Waals surface area (Å²) < 4.78 is 31.5. The van der Waals surface area contributed by atoms with E-state index in [1.165, 1.54) is 31.4 Å². The van der Waals surface area contributed by atoms with Crippen molar-refractivity contribution in [2.75, 3.05) is 12.4 Å². The molecular formula is C20H20N2O5S. The molecule has 0 unspecified atom stereocenters. The lowest BCUT2D eigenvalue weighted by Gasteiger charge is -2.06. The van der Waals surface area contributed by atoms with Crippen LogP contribution >= 0.6 is 0 Å². The molecule has 0 radical (unpaired) electrons. The Hall–Kier alpha value is -2.97. The number of hydrogen-bond acceptors (Lipinski definition) is 5. The lowest BCUT2D eigenvalue weighted by atomic mass is 10.2. The van der Waals surface area contributed by atoms with Crippen LogP contribution in [0, 0.1) is 0 Å². The Morgan fingerprint density at radius 2 is 1.82 bits per heavy atom. The van der Waals surface area contributed by atoms with Crippen molar-refractivity contribution in [2.45, 2.75) is 23.8 Å². The Labute approximate surface area is 163 Å². The third-order valence-electron chi connectivity index (χ3n) is 4.07. The summed E-state index contributed by atoms with van der Waals surface area (Å²) in [4.78, 5) is 23.8. The van der Waals surface area contributed by atoms with Crippen molar-refractivity contribution in [2.24, 2.45) is 0 Å². The first-order valence-electron chi connectivity index (χ1n) is 8.67. The van der Waals surface area contributed by atoms with Crippen LogP contribution in [-0.4, -0.2) is 33.4 Å². The molecule has 3 rings (SSSR count). The summed E-state index contributed by atoms with van der Waals surface area (Å²) in [5.41, 5.74) is 1.48. The fourth-order valence-electron chi connectivity index (χ4n) is 2.44. The van der Waals surface area contributed by atoms with Gasteiger partial charge in [-0.25, -0.2) is 17.9 Å². The number of rotatable bonds is 7. The first-order chi connectivity index (χ1) is 13.4. The van der Waals surface area contributed by atoms with E-state index in [0.717, 1.165) is 12.8 Å². The molecule has 0 aliphatic heterocycles. The van der Waals surface area contributed by atoms with E-state index in [-0.39, 0.29) is 16.8 Å². The predicted octanol–water partition coefficient (Wildman–Crippen LogP) is 2.57. The van der Waals surface area contributed by atoms with Crippen molar-refractivity contribution in [3.05, 3.63) is 65.7 Å².